The van der Waals surface area contributed by atoms with E-state index in [0.29, 0.717) is 16.6 Å². The van der Waals surface area contributed by atoms with E-state index >= 15 is 0 Å². The van der Waals surface area contributed by atoms with Gasteiger partial charge in [-0.3, -0.25) is 0 Å². The molecule has 0 radical (unpaired) electrons. The zero-order valence-electron chi connectivity index (χ0n) is 12.9. The van der Waals surface area contributed by atoms with Gasteiger partial charge in [-0.2, -0.15) is 13.2 Å². The summed E-state index contributed by atoms with van der Waals surface area (Å²) in [6.07, 6.45) is -4.44. The summed E-state index contributed by atoms with van der Waals surface area (Å²) in [4.78, 5) is 14.7. The van der Waals surface area contributed by atoms with Crippen molar-refractivity contribution < 1.29 is 26.4 Å². The van der Waals surface area contributed by atoms with E-state index in [1.807, 2.05) is 0 Å². The number of halogens is 3. The van der Waals surface area contributed by atoms with Gasteiger partial charge in [0, 0.05) is 22.3 Å². The summed E-state index contributed by atoms with van der Waals surface area (Å²) < 4.78 is 59.5. The van der Waals surface area contributed by atoms with E-state index in [1.54, 1.807) is 18.2 Å². The van der Waals surface area contributed by atoms with Gasteiger partial charge < -0.3 is 15.6 Å². The number of urea groups is 1. The highest BCUT2D eigenvalue weighted by Gasteiger charge is 2.29. The number of H-pyrrole nitrogens is 1. The summed E-state index contributed by atoms with van der Waals surface area (Å²) in [5, 5.41) is 5.66. The molecule has 3 rings (SSSR count). The molecule has 0 bridgehead atoms. The molecule has 0 spiro atoms. The number of anilines is 2. The van der Waals surface area contributed by atoms with Crippen molar-refractivity contribution in [3.63, 3.8) is 0 Å². The smallest absolute Gasteiger partial charge is 0.346 e. The van der Waals surface area contributed by atoms with Gasteiger partial charge in [0.2, 0.25) is 0 Å². The average molecular weight is 383 g/mol. The molecule has 3 aromatic rings. The Balaban J connectivity index is 1.70. The number of hydrogen-bond acceptors (Lipinski definition) is 3. The molecule has 0 aliphatic heterocycles. The normalized spacial score (nSPS) is 11.7. The Labute approximate surface area is 147 Å². The molecule has 2 amide bonds. The molecular weight excluding hydrogens is 371 g/mol. The fraction of sp³-hybridized carbons (Fsp3) is 0.0625. The van der Waals surface area contributed by atoms with Crippen LogP contribution in [0.15, 0.2) is 53.6 Å². The van der Waals surface area contributed by atoms with Crippen molar-refractivity contribution in [3.05, 3.63) is 54.1 Å². The van der Waals surface area contributed by atoms with Crippen LogP contribution in [-0.2, 0) is 16.9 Å². The van der Waals surface area contributed by atoms with Gasteiger partial charge in [-0.05, 0) is 42.5 Å². The Morgan fingerprint density at radius 2 is 1.54 bits per heavy atom. The number of thiol groups is 1. The van der Waals surface area contributed by atoms with Gasteiger partial charge in [-0.1, -0.05) is 6.07 Å². The monoisotopic (exact) mass is 383 g/mol. The number of amides is 2. The molecule has 26 heavy (non-hydrogen) atoms. The van der Waals surface area contributed by atoms with Crippen molar-refractivity contribution in [1.29, 1.82) is 0 Å². The standard InChI is InChI=1S/C16H12F3N3O3S/c17-16(18,19)10-2-5-11(6-3-10)20-15(23)21-12-4-1-9-7-14(26(24)25)22-13(9)8-12/h1-8,22,26H,(H2,20,21,23). The number of carbonyl (C=O) groups is 1. The SMILES string of the molecule is O=C(Nc1ccc(C(F)(F)F)cc1)Nc1ccc2cc([SH](=O)=O)[nH]c2c1. The average Bonchev–Trinajstić information content (AvgIpc) is 2.98. The van der Waals surface area contributed by atoms with Gasteiger partial charge in [0.15, 0.2) is 10.7 Å². The number of hydrogen-bond donors (Lipinski definition) is 4. The van der Waals surface area contributed by atoms with Crippen LogP contribution in [0.25, 0.3) is 10.9 Å². The first-order valence-corrected chi connectivity index (χ1v) is 8.42. The van der Waals surface area contributed by atoms with Crippen LogP contribution in [0.2, 0.25) is 0 Å². The Morgan fingerprint density at radius 3 is 2.15 bits per heavy atom. The van der Waals surface area contributed by atoms with E-state index in [-0.39, 0.29) is 10.7 Å². The van der Waals surface area contributed by atoms with Crippen molar-refractivity contribution in [2.75, 3.05) is 10.6 Å². The number of benzene rings is 2. The van der Waals surface area contributed by atoms with Gasteiger partial charge in [-0.25, -0.2) is 13.2 Å². The van der Waals surface area contributed by atoms with E-state index in [2.05, 4.69) is 15.6 Å². The van der Waals surface area contributed by atoms with E-state index in [4.69, 9.17) is 0 Å². The van der Waals surface area contributed by atoms with Crippen molar-refractivity contribution >= 4 is 39.0 Å². The summed E-state index contributed by atoms with van der Waals surface area (Å²) in [7, 11) is -2.75. The largest absolute Gasteiger partial charge is 0.416 e. The summed E-state index contributed by atoms with van der Waals surface area (Å²) in [6, 6.07) is 9.59. The molecule has 0 saturated carbocycles. The number of fused-ring (bicyclic) bond motifs is 1. The molecule has 136 valence electrons. The molecule has 6 nitrogen and oxygen atoms in total. The first kappa shape index (κ1) is 17.8. The molecule has 0 aliphatic carbocycles. The van der Waals surface area contributed by atoms with Crippen LogP contribution in [-0.4, -0.2) is 19.4 Å². The van der Waals surface area contributed by atoms with E-state index < -0.39 is 28.5 Å². The van der Waals surface area contributed by atoms with Crippen LogP contribution in [0.4, 0.5) is 29.3 Å². The van der Waals surface area contributed by atoms with Crippen LogP contribution in [0.5, 0.6) is 0 Å². The van der Waals surface area contributed by atoms with Crippen molar-refractivity contribution in [1.82, 2.24) is 4.98 Å². The summed E-state index contributed by atoms with van der Waals surface area (Å²) in [5.74, 6) is 0. The predicted octanol–water partition coefficient (Wildman–Crippen LogP) is 3.80. The quantitative estimate of drug-likeness (QED) is 0.519. The Kier molecular flexibility index (Phi) is 4.60. The molecular formula is C16H12F3N3O3S. The molecule has 1 heterocycles. The maximum Gasteiger partial charge on any atom is 0.416 e. The Morgan fingerprint density at radius 1 is 0.923 bits per heavy atom. The zero-order valence-corrected chi connectivity index (χ0v) is 13.8. The number of alkyl halides is 3. The molecule has 1 aromatic heterocycles. The second-order valence-electron chi connectivity index (χ2n) is 5.37. The van der Waals surface area contributed by atoms with E-state index in [9.17, 15) is 26.4 Å². The van der Waals surface area contributed by atoms with Crippen molar-refractivity contribution in [2.45, 2.75) is 11.2 Å². The third-order valence-electron chi connectivity index (χ3n) is 3.53. The molecule has 0 fully saturated rings. The third-order valence-corrected chi connectivity index (χ3v) is 4.17. The molecule has 0 atom stereocenters. The number of aromatic amines is 1. The highest BCUT2D eigenvalue weighted by atomic mass is 32.2. The summed E-state index contributed by atoms with van der Waals surface area (Å²) >= 11 is 0. The molecule has 3 N–H and O–H groups in total. The number of aromatic nitrogens is 1. The highest BCUT2D eigenvalue weighted by Crippen LogP contribution is 2.29. The molecule has 0 unspecified atom stereocenters. The van der Waals surface area contributed by atoms with Gasteiger partial charge in [-0.15, -0.1) is 0 Å². The lowest BCUT2D eigenvalue weighted by atomic mass is 10.2. The van der Waals surface area contributed by atoms with E-state index in [1.165, 1.54) is 6.07 Å². The van der Waals surface area contributed by atoms with Gasteiger partial charge in [0.05, 0.1) is 5.56 Å². The molecule has 2 aromatic carbocycles. The minimum atomic E-state index is -4.44. The second-order valence-corrected chi connectivity index (χ2v) is 6.36. The zero-order chi connectivity index (χ0) is 18.9. The van der Waals surface area contributed by atoms with Crippen molar-refractivity contribution in [2.24, 2.45) is 0 Å². The first-order valence-electron chi connectivity index (χ1n) is 7.25. The summed E-state index contributed by atoms with van der Waals surface area (Å²) in [6.45, 7) is 0. The predicted molar refractivity (Wildman–Crippen MR) is 91.0 cm³/mol. The highest BCUT2D eigenvalue weighted by molar-refractivity contribution is 7.72. The van der Waals surface area contributed by atoms with E-state index in [0.717, 1.165) is 24.3 Å². The number of rotatable bonds is 3. The fourth-order valence-electron chi connectivity index (χ4n) is 2.32. The van der Waals surface area contributed by atoms with Crippen LogP contribution in [0.1, 0.15) is 5.56 Å². The van der Waals surface area contributed by atoms with Crippen LogP contribution in [0.3, 0.4) is 0 Å². The van der Waals surface area contributed by atoms with Gasteiger partial charge in [0.25, 0.3) is 0 Å². The third kappa shape index (κ3) is 3.97. The van der Waals surface area contributed by atoms with Gasteiger partial charge >= 0.3 is 12.2 Å². The number of nitrogens with one attached hydrogen (secondary N) is 3. The minimum absolute atomic E-state index is 0.0568. The van der Waals surface area contributed by atoms with Crippen molar-refractivity contribution in [3.8, 4) is 0 Å². The fourth-order valence-corrected chi connectivity index (χ4v) is 2.78. The van der Waals surface area contributed by atoms with Crippen LogP contribution in [0, 0.1) is 0 Å². The molecule has 0 aliphatic rings. The lowest BCUT2D eigenvalue weighted by molar-refractivity contribution is -0.137. The second kappa shape index (κ2) is 6.71. The topological polar surface area (TPSA) is 91.1 Å². The Hall–Kier alpha value is -3.01. The molecule has 0 saturated heterocycles. The molecule has 10 heteroatoms. The van der Waals surface area contributed by atoms with Gasteiger partial charge in [0.1, 0.15) is 5.03 Å². The number of carbonyl (C=O) groups excluding carboxylic acids is 1. The lowest BCUT2D eigenvalue weighted by Crippen LogP contribution is -2.19. The first-order chi connectivity index (χ1) is 12.2. The summed E-state index contributed by atoms with van der Waals surface area (Å²) in [5.41, 5.74) is 0.290. The Bertz CT molecular complexity index is 1030. The minimum Gasteiger partial charge on any atom is -0.346 e. The van der Waals surface area contributed by atoms with Crippen LogP contribution < -0.4 is 10.6 Å². The van der Waals surface area contributed by atoms with Crippen LogP contribution >= 0.6 is 0 Å². The lowest BCUT2D eigenvalue weighted by Gasteiger charge is -2.10. The maximum absolute atomic E-state index is 12.5. The maximum atomic E-state index is 12.5.